The zero-order valence-corrected chi connectivity index (χ0v) is 26.6. The van der Waals surface area contributed by atoms with Gasteiger partial charge in [-0.25, -0.2) is 9.98 Å². The van der Waals surface area contributed by atoms with Gasteiger partial charge in [0.25, 0.3) is 0 Å². The van der Waals surface area contributed by atoms with E-state index in [-0.39, 0.29) is 11.4 Å². The average molecular weight is 651 g/mol. The van der Waals surface area contributed by atoms with Crippen molar-refractivity contribution >= 4 is 76.2 Å². The molecule has 4 aromatic rings. The van der Waals surface area contributed by atoms with Gasteiger partial charge >= 0.3 is 0 Å². The molecule has 4 aliphatic rings. The van der Waals surface area contributed by atoms with Crippen molar-refractivity contribution in [1.82, 2.24) is 0 Å². The zero-order valence-electron chi connectivity index (χ0n) is 23.4. The molecule has 0 atom stereocenters. The molecule has 6 heterocycles. The lowest BCUT2D eigenvalue weighted by Crippen LogP contribution is -2.37. The molecule has 4 aromatic heterocycles. The maximum Gasteiger partial charge on any atom is 0.219 e. The summed E-state index contributed by atoms with van der Waals surface area (Å²) in [6.07, 6.45) is 10.4. The van der Waals surface area contributed by atoms with Crippen molar-refractivity contribution in [3.63, 3.8) is 0 Å². The van der Waals surface area contributed by atoms with Crippen molar-refractivity contribution in [3.05, 3.63) is 23.3 Å². The van der Waals surface area contributed by atoms with Gasteiger partial charge in [-0.3, -0.25) is 0 Å². The Kier molecular flexibility index (Phi) is 6.42. The van der Waals surface area contributed by atoms with E-state index >= 15 is 0 Å². The Bertz CT molecular complexity index is 1920. The zero-order chi connectivity index (χ0) is 30.1. The molecule has 0 saturated heterocycles. The van der Waals surface area contributed by atoms with E-state index in [1.165, 1.54) is 65.8 Å². The topological polar surface area (TPSA) is 138 Å². The summed E-state index contributed by atoms with van der Waals surface area (Å²) in [4.78, 5) is 13.1. The maximum atomic E-state index is 9.31. The summed E-state index contributed by atoms with van der Waals surface area (Å²) < 4.78 is 16.5. The van der Waals surface area contributed by atoms with Gasteiger partial charge in [-0.15, -0.1) is 45.3 Å². The van der Waals surface area contributed by atoms with Crippen LogP contribution in [0.1, 0.15) is 75.3 Å². The highest BCUT2D eigenvalue weighted by Gasteiger charge is 2.50. The molecule has 0 aromatic carbocycles. The smallest absolute Gasteiger partial charge is 0.219 e. The molecule has 8 nitrogen and oxygen atoms in total. The van der Waals surface area contributed by atoms with Crippen LogP contribution >= 0.6 is 45.3 Å². The Hall–Kier alpha value is -4.04. The van der Waals surface area contributed by atoms with Crippen LogP contribution in [0.25, 0.3) is 28.9 Å². The number of hydrogen-bond acceptors (Lipinski definition) is 12. The molecular weight excluding hydrogens is 629 g/mol. The van der Waals surface area contributed by atoms with E-state index in [9.17, 15) is 21.0 Å². The Morgan fingerprint density at radius 3 is 1.32 bits per heavy atom. The van der Waals surface area contributed by atoms with Gasteiger partial charge in [0, 0.05) is 23.3 Å². The molecular formula is C32H22N6O2S4. The van der Waals surface area contributed by atoms with Gasteiger partial charge in [0.05, 0.1) is 28.9 Å². The van der Waals surface area contributed by atoms with Crippen molar-refractivity contribution in [2.45, 2.75) is 75.4 Å². The number of thiophene rings is 4. The number of nitrogens with zero attached hydrogens (tertiary/aromatic N) is 6. The monoisotopic (exact) mass is 650 g/mol. The van der Waals surface area contributed by atoms with Crippen LogP contribution in [0.3, 0.4) is 0 Å². The fourth-order valence-electron chi connectivity index (χ4n) is 7.23. The molecule has 0 radical (unpaired) electrons. The highest BCUT2D eigenvalue weighted by molar-refractivity contribution is 7.34. The van der Waals surface area contributed by atoms with E-state index in [1.807, 2.05) is 59.1 Å². The molecule has 0 N–H and O–H groups in total. The van der Waals surface area contributed by atoms with Crippen LogP contribution in [0.2, 0.25) is 0 Å². The number of hydrogen-bond donors (Lipinski definition) is 0. The molecule has 0 unspecified atom stereocenters. The number of nitriles is 4. The molecule has 0 amide bonds. The minimum absolute atomic E-state index is 0.166. The third-order valence-corrected chi connectivity index (χ3v) is 13.9. The van der Waals surface area contributed by atoms with Crippen LogP contribution in [-0.4, -0.2) is 11.4 Å². The minimum atomic E-state index is -0.440. The second kappa shape index (κ2) is 10.3. The van der Waals surface area contributed by atoms with E-state index in [0.717, 1.165) is 72.6 Å². The first-order chi connectivity index (χ1) is 21.5. The molecule has 2 spiro atoms. The highest BCUT2D eigenvalue weighted by atomic mass is 32.1. The normalized spacial score (nSPS) is 18.2. The summed E-state index contributed by atoms with van der Waals surface area (Å²) >= 11 is 6.58. The molecule has 2 saturated carbocycles. The third-order valence-electron chi connectivity index (χ3n) is 9.02. The van der Waals surface area contributed by atoms with Gasteiger partial charge in [0.2, 0.25) is 11.4 Å². The van der Waals surface area contributed by atoms with Crippen LogP contribution < -0.4 is 9.47 Å². The van der Waals surface area contributed by atoms with Crippen molar-refractivity contribution in [2.75, 3.05) is 0 Å². The average Bonchev–Trinajstić information content (AvgIpc) is 3.81. The molecule has 8 rings (SSSR count). The highest BCUT2D eigenvalue weighted by Crippen LogP contribution is 2.66. The Morgan fingerprint density at radius 2 is 0.955 bits per heavy atom. The SMILES string of the molecule is N#CC(C#N)=Nc1cc2c(s1)-c1sc3c4c(sc3c1C1(CCCCC1)O2)-c1sc(N=C(C#N)C#N)cc1OC41CCCCC1. The van der Waals surface area contributed by atoms with Gasteiger partial charge in [0.1, 0.15) is 57.0 Å². The molecule has 2 fully saturated rings. The summed E-state index contributed by atoms with van der Waals surface area (Å²) in [5.74, 6) is 1.58. The van der Waals surface area contributed by atoms with Crippen LogP contribution in [0.15, 0.2) is 22.1 Å². The van der Waals surface area contributed by atoms with Gasteiger partial charge in [-0.1, -0.05) is 12.8 Å². The molecule has 44 heavy (non-hydrogen) atoms. The van der Waals surface area contributed by atoms with Gasteiger partial charge in [-0.05, 0) is 51.4 Å². The third kappa shape index (κ3) is 3.99. The lowest BCUT2D eigenvalue weighted by Gasteiger charge is -2.40. The Morgan fingerprint density at radius 1 is 0.568 bits per heavy atom. The predicted octanol–water partition coefficient (Wildman–Crippen LogP) is 9.76. The van der Waals surface area contributed by atoms with Gasteiger partial charge < -0.3 is 9.47 Å². The lowest BCUT2D eigenvalue weighted by molar-refractivity contribution is 0.0258. The van der Waals surface area contributed by atoms with E-state index in [2.05, 4.69) is 9.98 Å². The number of ether oxygens (including phenoxy) is 2. The second-order valence-corrected chi connectivity index (χ2v) is 15.6. The number of rotatable bonds is 2. The molecule has 2 aliphatic heterocycles. The van der Waals surface area contributed by atoms with E-state index in [0.29, 0.717) is 10.0 Å². The Balaban J connectivity index is 1.38. The van der Waals surface area contributed by atoms with E-state index < -0.39 is 11.2 Å². The van der Waals surface area contributed by atoms with E-state index in [4.69, 9.17) is 9.47 Å². The lowest BCUT2D eigenvalue weighted by atomic mass is 9.76. The molecule has 2 aliphatic carbocycles. The number of fused-ring (bicyclic) bond motifs is 11. The summed E-state index contributed by atoms with van der Waals surface area (Å²) in [5.41, 5.74) is 1.32. The van der Waals surface area contributed by atoms with Gasteiger partial charge in [0.15, 0.2) is 0 Å². The van der Waals surface area contributed by atoms with Crippen molar-refractivity contribution in [2.24, 2.45) is 9.98 Å². The summed E-state index contributed by atoms with van der Waals surface area (Å²) in [6, 6.07) is 11.3. The molecule has 216 valence electrons. The van der Waals surface area contributed by atoms with Crippen LogP contribution in [0.4, 0.5) is 10.0 Å². The van der Waals surface area contributed by atoms with Crippen molar-refractivity contribution in [1.29, 1.82) is 21.0 Å². The van der Waals surface area contributed by atoms with E-state index in [1.54, 1.807) is 0 Å². The fraction of sp³-hybridized carbons (Fsp3) is 0.375. The van der Waals surface area contributed by atoms with Crippen molar-refractivity contribution < 1.29 is 9.47 Å². The van der Waals surface area contributed by atoms with Gasteiger partial charge in [-0.2, -0.15) is 21.0 Å². The first-order valence-corrected chi connectivity index (χ1v) is 17.8. The quantitative estimate of drug-likeness (QED) is 0.198. The van der Waals surface area contributed by atoms with Crippen LogP contribution in [0.5, 0.6) is 11.5 Å². The first kappa shape index (κ1) is 27.5. The first-order valence-electron chi connectivity index (χ1n) is 14.6. The summed E-state index contributed by atoms with van der Waals surface area (Å²) in [5, 5.41) is 38.5. The number of aliphatic imine (C=N–C) groups is 2. The second-order valence-electron chi connectivity index (χ2n) is 11.5. The Labute approximate surface area is 269 Å². The molecule has 0 bridgehead atoms. The minimum Gasteiger partial charge on any atom is -0.481 e. The fourth-order valence-corrected chi connectivity index (χ4v) is 12.7. The van der Waals surface area contributed by atoms with Crippen LogP contribution in [0, 0.1) is 45.3 Å². The standard InChI is InChI=1S/C32H22N6O2S4/c33-13-17(14-34)37-21-11-19-25(41-21)27-23(31(39-19)7-3-1-4-8-31)29-30(43-27)24-28(44-29)26-20(40-32(24)9-5-2-6-10-32)12-22(42-26)38-18(15-35)16-36/h11-12H,1-10H2. The predicted molar refractivity (Wildman–Crippen MR) is 174 cm³/mol. The maximum absolute atomic E-state index is 9.31. The summed E-state index contributed by atoms with van der Waals surface area (Å²) in [7, 11) is 0. The van der Waals surface area contributed by atoms with Crippen LogP contribution in [-0.2, 0) is 11.2 Å². The summed E-state index contributed by atoms with van der Waals surface area (Å²) in [6.45, 7) is 0. The largest absolute Gasteiger partial charge is 0.481 e. The molecule has 12 heteroatoms. The van der Waals surface area contributed by atoms with Crippen molar-refractivity contribution in [3.8, 4) is 55.3 Å².